The highest BCUT2D eigenvalue weighted by Gasteiger charge is 2.15. The number of hydrogen-bond acceptors (Lipinski definition) is 3. The third kappa shape index (κ3) is 4.91. The van der Waals surface area contributed by atoms with Crippen molar-refractivity contribution in [1.82, 2.24) is 5.32 Å². The molecule has 3 N–H and O–H groups in total. The first-order valence-corrected chi connectivity index (χ1v) is 6.82. The summed E-state index contributed by atoms with van der Waals surface area (Å²) in [5.41, 5.74) is 6.26. The number of benzene rings is 1. The van der Waals surface area contributed by atoms with Crippen LogP contribution in [0, 0.1) is 5.92 Å². The third-order valence-corrected chi connectivity index (χ3v) is 2.94. The molecule has 0 spiro atoms. The maximum Gasteiger partial charge on any atom is 0.251 e. The molecule has 1 aromatic rings. The zero-order chi connectivity index (χ0) is 14.3. The summed E-state index contributed by atoms with van der Waals surface area (Å²) in [5, 5.41) is 2.95. The summed E-state index contributed by atoms with van der Waals surface area (Å²) in [7, 11) is 0. The van der Waals surface area contributed by atoms with E-state index in [0.29, 0.717) is 24.6 Å². The molecule has 1 atom stereocenters. The van der Waals surface area contributed by atoms with Crippen molar-refractivity contribution < 1.29 is 9.53 Å². The highest BCUT2D eigenvalue weighted by molar-refractivity contribution is 5.94. The van der Waals surface area contributed by atoms with Crippen LogP contribution < -0.4 is 15.8 Å². The van der Waals surface area contributed by atoms with Crippen LogP contribution in [0.2, 0.25) is 0 Å². The molecule has 0 aliphatic carbocycles. The van der Waals surface area contributed by atoms with E-state index in [4.69, 9.17) is 10.5 Å². The molecule has 19 heavy (non-hydrogen) atoms. The number of hydrogen-bond donors (Lipinski definition) is 2. The Labute approximate surface area is 115 Å². The van der Waals surface area contributed by atoms with Crippen molar-refractivity contribution in [2.75, 3.05) is 13.2 Å². The van der Waals surface area contributed by atoms with Crippen molar-refractivity contribution in [2.45, 2.75) is 33.2 Å². The van der Waals surface area contributed by atoms with E-state index >= 15 is 0 Å². The minimum atomic E-state index is -0.105. The number of ether oxygens (including phenoxy) is 1. The second-order valence-electron chi connectivity index (χ2n) is 4.94. The average Bonchev–Trinajstić information content (AvgIpc) is 2.42. The molecule has 106 valence electrons. The van der Waals surface area contributed by atoms with Crippen LogP contribution in [-0.2, 0) is 0 Å². The molecule has 0 heterocycles. The lowest BCUT2D eigenvalue weighted by atomic mass is 10.0. The average molecular weight is 264 g/mol. The van der Waals surface area contributed by atoms with Crippen LogP contribution in [0.1, 0.15) is 37.6 Å². The van der Waals surface area contributed by atoms with Gasteiger partial charge in [-0.1, -0.05) is 26.8 Å². The van der Waals surface area contributed by atoms with Crippen LogP contribution in [0.15, 0.2) is 24.3 Å². The molecule has 0 aromatic heterocycles. The van der Waals surface area contributed by atoms with Gasteiger partial charge in [-0.15, -0.1) is 0 Å². The van der Waals surface area contributed by atoms with Gasteiger partial charge in [0.1, 0.15) is 5.75 Å². The summed E-state index contributed by atoms with van der Waals surface area (Å²) in [4.78, 5) is 12.1. The van der Waals surface area contributed by atoms with E-state index in [0.717, 1.165) is 12.2 Å². The number of nitrogens with two attached hydrogens (primary N) is 1. The molecule has 0 bridgehead atoms. The van der Waals surface area contributed by atoms with E-state index in [9.17, 15) is 4.79 Å². The molecular weight excluding hydrogens is 240 g/mol. The molecule has 0 saturated carbocycles. The van der Waals surface area contributed by atoms with Crippen LogP contribution in [-0.4, -0.2) is 25.1 Å². The first kappa shape index (κ1) is 15.5. The van der Waals surface area contributed by atoms with Gasteiger partial charge in [-0.2, -0.15) is 0 Å². The summed E-state index contributed by atoms with van der Waals surface area (Å²) in [6.45, 7) is 7.22. The molecule has 1 amide bonds. The first-order valence-electron chi connectivity index (χ1n) is 6.82. The van der Waals surface area contributed by atoms with Crippen molar-refractivity contribution in [3.63, 3.8) is 0 Å². The van der Waals surface area contributed by atoms with Crippen molar-refractivity contribution in [1.29, 1.82) is 0 Å². The topological polar surface area (TPSA) is 64.3 Å². The molecule has 0 radical (unpaired) electrons. The van der Waals surface area contributed by atoms with E-state index < -0.39 is 0 Å². The summed E-state index contributed by atoms with van der Waals surface area (Å²) in [6.07, 6.45) is 0.943. The summed E-state index contributed by atoms with van der Waals surface area (Å²) < 4.78 is 5.52. The van der Waals surface area contributed by atoms with Crippen molar-refractivity contribution in [3.8, 4) is 5.75 Å². The normalized spacial score (nSPS) is 12.3. The predicted octanol–water partition coefficient (Wildman–Crippen LogP) is 2.19. The maximum atomic E-state index is 12.1. The molecule has 0 aliphatic rings. The number of amides is 1. The van der Waals surface area contributed by atoms with Gasteiger partial charge in [0.05, 0.1) is 6.61 Å². The Bertz CT molecular complexity index is 405. The zero-order valence-electron chi connectivity index (χ0n) is 12.0. The SMILES string of the molecule is CCCOc1cccc(C(=O)NC(CN)C(C)C)c1. The summed E-state index contributed by atoms with van der Waals surface area (Å²) in [5.74, 6) is 0.933. The second-order valence-corrected chi connectivity index (χ2v) is 4.94. The van der Waals surface area contributed by atoms with Gasteiger partial charge in [0.2, 0.25) is 0 Å². The third-order valence-electron chi connectivity index (χ3n) is 2.94. The second kappa shape index (κ2) is 7.79. The van der Waals surface area contributed by atoms with Gasteiger partial charge in [0.15, 0.2) is 0 Å². The Morgan fingerprint density at radius 2 is 2.16 bits per heavy atom. The Morgan fingerprint density at radius 1 is 1.42 bits per heavy atom. The number of nitrogens with one attached hydrogen (secondary N) is 1. The largest absolute Gasteiger partial charge is 0.494 e. The highest BCUT2D eigenvalue weighted by atomic mass is 16.5. The lowest BCUT2D eigenvalue weighted by Gasteiger charge is -2.20. The Kier molecular flexibility index (Phi) is 6.36. The van der Waals surface area contributed by atoms with Gasteiger partial charge in [-0.25, -0.2) is 0 Å². The first-order chi connectivity index (χ1) is 9.08. The highest BCUT2D eigenvalue weighted by Crippen LogP contribution is 2.14. The van der Waals surface area contributed by atoms with Crippen LogP contribution >= 0.6 is 0 Å². The van der Waals surface area contributed by atoms with Crippen LogP contribution in [0.25, 0.3) is 0 Å². The number of carbonyl (C=O) groups is 1. The molecule has 4 nitrogen and oxygen atoms in total. The van der Waals surface area contributed by atoms with Crippen LogP contribution in [0.5, 0.6) is 5.75 Å². The molecule has 0 fully saturated rings. The van der Waals surface area contributed by atoms with E-state index in [2.05, 4.69) is 5.32 Å². The Morgan fingerprint density at radius 3 is 2.74 bits per heavy atom. The molecule has 1 rings (SSSR count). The van der Waals surface area contributed by atoms with E-state index in [1.54, 1.807) is 12.1 Å². The zero-order valence-corrected chi connectivity index (χ0v) is 12.0. The Balaban J connectivity index is 2.70. The minimum absolute atomic E-state index is 0.00674. The van der Waals surface area contributed by atoms with Gasteiger partial charge >= 0.3 is 0 Å². The summed E-state index contributed by atoms with van der Waals surface area (Å²) >= 11 is 0. The molecular formula is C15H24N2O2. The lowest BCUT2D eigenvalue weighted by molar-refractivity contribution is 0.0927. The van der Waals surface area contributed by atoms with Crippen LogP contribution in [0.4, 0.5) is 0 Å². The van der Waals surface area contributed by atoms with Gasteiger partial charge in [-0.05, 0) is 30.5 Å². The standard InChI is InChI=1S/C15H24N2O2/c1-4-8-19-13-7-5-6-12(9-13)15(18)17-14(10-16)11(2)3/h5-7,9,11,14H,4,8,10,16H2,1-3H3,(H,17,18). The molecule has 0 aliphatic heterocycles. The molecule has 1 unspecified atom stereocenters. The summed E-state index contributed by atoms with van der Waals surface area (Å²) in [6, 6.07) is 7.22. The number of carbonyl (C=O) groups excluding carboxylic acids is 1. The quantitative estimate of drug-likeness (QED) is 0.793. The van der Waals surface area contributed by atoms with Crippen molar-refractivity contribution in [2.24, 2.45) is 11.7 Å². The smallest absolute Gasteiger partial charge is 0.251 e. The molecule has 1 aromatic carbocycles. The molecule has 4 heteroatoms. The predicted molar refractivity (Wildman–Crippen MR) is 77.4 cm³/mol. The fourth-order valence-corrected chi connectivity index (χ4v) is 1.70. The van der Waals surface area contributed by atoms with Gasteiger partial charge < -0.3 is 15.8 Å². The van der Waals surface area contributed by atoms with E-state index in [1.165, 1.54) is 0 Å². The van der Waals surface area contributed by atoms with E-state index in [-0.39, 0.29) is 11.9 Å². The van der Waals surface area contributed by atoms with Crippen LogP contribution in [0.3, 0.4) is 0 Å². The fourth-order valence-electron chi connectivity index (χ4n) is 1.70. The van der Waals surface area contributed by atoms with Gasteiger partial charge in [-0.3, -0.25) is 4.79 Å². The molecule has 0 saturated heterocycles. The van der Waals surface area contributed by atoms with Crippen molar-refractivity contribution in [3.05, 3.63) is 29.8 Å². The fraction of sp³-hybridized carbons (Fsp3) is 0.533. The minimum Gasteiger partial charge on any atom is -0.494 e. The van der Waals surface area contributed by atoms with Gasteiger partial charge in [0.25, 0.3) is 5.91 Å². The van der Waals surface area contributed by atoms with Gasteiger partial charge in [0, 0.05) is 18.2 Å². The lowest BCUT2D eigenvalue weighted by Crippen LogP contribution is -2.43. The van der Waals surface area contributed by atoms with Crippen molar-refractivity contribution >= 4 is 5.91 Å². The monoisotopic (exact) mass is 264 g/mol. The Hall–Kier alpha value is -1.55. The van der Waals surface area contributed by atoms with E-state index in [1.807, 2.05) is 32.9 Å². The number of rotatable bonds is 7. The maximum absolute atomic E-state index is 12.1.